The monoisotopic (exact) mass is 325 g/mol. The van der Waals surface area contributed by atoms with Crippen LogP contribution in [-0.2, 0) is 0 Å². The molecule has 1 saturated carbocycles. The summed E-state index contributed by atoms with van der Waals surface area (Å²) in [5, 5.41) is 7.42. The van der Waals surface area contributed by atoms with E-state index in [-0.39, 0.29) is 5.69 Å². The van der Waals surface area contributed by atoms with Crippen LogP contribution in [0.1, 0.15) is 25.7 Å². The lowest BCUT2D eigenvalue weighted by Gasteiger charge is -2.38. The maximum absolute atomic E-state index is 11.4. The highest BCUT2D eigenvalue weighted by Crippen LogP contribution is 2.28. The number of fused-ring (bicyclic) bond motifs is 1. The molecule has 0 aliphatic heterocycles. The standard InChI is InChI=1S/C12H16BrN5O/c13-5-2-6-17(9-3-1-4-9)10-7-11-15-16-12(19)18(11)8-14-10/h7-9H,1-6H2,(H,16,19). The van der Waals surface area contributed by atoms with E-state index in [0.29, 0.717) is 11.7 Å². The number of aromatic nitrogens is 4. The first-order valence-corrected chi connectivity index (χ1v) is 7.67. The Morgan fingerprint density at radius 2 is 2.37 bits per heavy atom. The van der Waals surface area contributed by atoms with Gasteiger partial charge in [-0.05, 0) is 25.7 Å². The van der Waals surface area contributed by atoms with Gasteiger partial charge in [0.05, 0.1) is 0 Å². The molecule has 102 valence electrons. The van der Waals surface area contributed by atoms with Crippen molar-refractivity contribution in [2.24, 2.45) is 0 Å². The highest BCUT2D eigenvalue weighted by atomic mass is 79.9. The fourth-order valence-electron chi connectivity index (χ4n) is 2.37. The molecule has 0 spiro atoms. The average Bonchev–Trinajstić information content (AvgIpc) is 2.73. The van der Waals surface area contributed by atoms with Gasteiger partial charge in [-0.25, -0.2) is 19.3 Å². The van der Waals surface area contributed by atoms with Crippen LogP contribution < -0.4 is 10.6 Å². The summed E-state index contributed by atoms with van der Waals surface area (Å²) in [6, 6.07) is 2.46. The topological polar surface area (TPSA) is 66.3 Å². The quantitative estimate of drug-likeness (QED) is 0.847. The van der Waals surface area contributed by atoms with Crippen LogP contribution in [0.2, 0.25) is 0 Å². The number of nitrogens with zero attached hydrogens (tertiary/aromatic N) is 4. The van der Waals surface area contributed by atoms with Crippen LogP contribution >= 0.6 is 15.9 Å². The summed E-state index contributed by atoms with van der Waals surface area (Å²) in [5.41, 5.74) is 0.378. The van der Waals surface area contributed by atoms with Crippen molar-refractivity contribution in [1.29, 1.82) is 0 Å². The zero-order valence-electron chi connectivity index (χ0n) is 10.5. The minimum Gasteiger partial charge on any atom is -0.353 e. The molecule has 1 fully saturated rings. The third-order valence-corrected chi connectivity index (χ3v) is 4.20. The van der Waals surface area contributed by atoms with E-state index in [0.717, 1.165) is 24.1 Å². The molecular formula is C12H16BrN5O. The van der Waals surface area contributed by atoms with Gasteiger partial charge in [-0.15, -0.1) is 0 Å². The fourth-order valence-corrected chi connectivity index (χ4v) is 2.62. The lowest BCUT2D eigenvalue weighted by atomic mass is 9.91. The van der Waals surface area contributed by atoms with Crippen LogP contribution in [0.3, 0.4) is 0 Å². The van der Waals surface area contributed by atoms with Crippen molar-refractivity contribution in [1.82, 2.24) is 19.6 Å². The molecular weight excluding hydrogens is 310 g/mol. The molecule has 0 radical (unpaired) electrons. The Hall–Kier alpha value is -1.37. The molecule has 0 unspecified atom stereocenters. The number of rotatable bonds is 5. The van der Waals surface area contributed by atoms with Gasteiger partial charge in [-0.2, -0.15) is 5.10 Å². The first-order valence-electron chi connectivity index (χ1n) is 6.55. The normalized spacial score (nSPS) is 15.6. The van der Waals surface area contributed by atoms with E-state index in [2.05, 4.69) is 36.0 Å². The SMILES string of the molecule is O=c1[nH]nc2cc(N(CCCBr)C3CCC3)ncn12. The minimum atomic E-state index is -0.246. The van der Waals surface area contributed by atoms with Crippen molar-refractivity contribution in [2.45, 2.75) is 31.7 Å². The van der Waals surface area contributed by atoms with E-state index in [9.17, 15) is 4.79 Å². The number of hydrogen-bond acceptors (Lipinski definition) is 4. The summed E-state index contributed by atoms with van der Waals surface area (Å²) >= 11 is 3.47. The van der Waals surface area contributed by atoms with Crippen LogP contribution in [0.5, 0.6) is 0 Å². The Bertz CT molecular complexity index is 618. The summed E-state index contributed by atoms with van der Waals surface area (Å²) < 4.78 is 1.42. The predicted octanol–water partition coefficient (Wildman–Crippen LogP) is 1.56. The maximum Gasteiger partial charge on any atom is 0.348 e. The van der Waals surface area contributed by atoms with Crippen LogP contribution in [0.15, 0.2) is 17.2 Å². The lowest BCUT2D eigenvalue weighted by Crippen LogP contribution is -2.41. The number of alkyl halides is 1. The maximum atomic E-state index is 11.4. The van der Waals surface area contributed by atoms with Crippen molar-refractivity contribution in [2.75, 3.05) is 16.8 Å². The highest BCUT2D eigenvalue weighted by Gasteiger charge is 2.25. The minimum absolute atomic E-state index is 0.246. The van der Waals surface area contributed by atoms with Crippen LogP contribution in [0, 0.1) is 0 Å². The van der Waals surface area contributed by atoms with E-state index < -0.39 is 0 Å². The molecule has 0 atom stereocenters. The molecule has 0 amide bonds. The molecule has 2 heterocycles. The first kappa shape index (κ1) is 12.7. The van der Waals surface area contributed by atoms with Crippen molar-refractivity contribution in [3.8, 4) is 0 Å². The molecule has 19 heavy (non-hydrogen) atoms. The number of hydrogen-bond donors (Lipinski definition) is 1. The third-order valence-electron chi connectivity index (χ3n) is 3.64. The van der Waals surface area contributed by atoms with Gasteiger partial charge in [0.1, 0.15) is 12.1 Å². The van der Waals surface area contributed by atoms with Gasteiger partial charge in [-0.1, -0.05) is 15.9 Å². The first-order chi connectivity index (χ1) is 9.29. The van der Waals surface area contributed by atoms with Gasteiger partial charge in [0.25, 0.3) is 0 Å². The Kier molecular flexibility index (Phi) is 3.54. The van der Waals surface area contributed by atoms with Gasteiger partial charge in [0, 0.05) is 24.0 Å². The summed E-state index contributed by atoms with van der Waals surface area (Å²) in [5.74, 6) is 0.914. The van der Waals surface area contributed by atoms with Gasteiger partial charge in [0.2, 0.25) is 0 Å². The molecule has 1 aliphatic carbocycles. The largest absolute Gasteiger partial charge is 0.353 e. The van der Waals surface area contributed by atoms with E-state index in [1.165, 1.54) is 23.7 Å². The van der Waals surface area contributed by atoms with E-state index in [1.807, 2.05) is 6.07 Å². The van der Waals surface area contributed by atoms with Crippen LogP contribution in [0.25, 0.3) is 5.65 Å². The summed E-state index contributed by atoms with van der Waals surface area (Å²) in [6.07, 6.45) is 6.37. The smallest absolute Gasteiger partial charge is 0.348 e. The Morgan fingerprint density at radius 1 is 1.53 bits per heavy atom. The average molecular weight is 326 g/mol. The van der Waals surface area contributed by atoms with Crippen molar-refractivity contribution < 1.29 is 0 Å². The molecule has 0 aromatic carbocycles. The zero-order valence-corrected chi connectivity index (χ0v) is 12.1. The molecule has 0 bridgehead atoms. The van der Waals surface area contributed by atoms with Gasteiger partial charge in [-0.3, -0.25) is 0 Å². The number of nitrogens with one attached hydrogen (secondary N) is 1. The van der Waals surface area contributed by atoms with Crippen molar-refractivity contribution >= 4 is 27.4 Å². The zero-order chi connectivity index (χ0) is 13.2. The molecule has 0 saturated heterocycles. The second kappa shape index (κ2) is 5.32. The van der Waals surface area contributed by atoms with E-state index in [1.54, 1.807) is 6.33 Å². The van der Waals surface area contributed by atoms with Gasteiger partial charge >= 0.3 is 5.69 Å². The number of aromatic amines is 1. The molecule has 1 aliphatic rings. The van der Waals surface area contributed by atoms with Gasteiger partial charge in [0.15, 0.2) is 5.65 Å². The van der Waals surface area contributed by atoms with E-state index in [4.69, 9.17) is 0 Å². The van der Waals surface area contributed by atoms with Gasteiger partial charge < -0.3 is 4.90 Å². The summed E-state index contributed by atoms with van der Waals surface area (Å²) in [7, 11) is 0. The predicted molar refractivity (Wildman–Crippen MR) is 77.0 cm³/mol. The molecule has 3 rings (SSSR count). The van der Waals surface area contributed by atoms with Crippen molar-refractivity contribution in [3.05, 3.63) is 22.9 Å². The number of H-pyrrole nitrogens is 1. The van der Waals surface area contributed by atoms with Crippen LogP contribution in [-0.4, -0.2) is 37.5 Å². The molecule has 2 aromatic rings. The molecule has 1 N–H and O–H groups in total. The summed E-state index contributed by atoms with van der Waals surface area (Å²) in [4.78, 5) is 18.2. The van der Waals surface area contributed by atoms with Crippen LogP contribution in [0.4, 0.5) is 5.82 Å². The molecule has 6 nitrogen and oxygen atoms in total. The Balaban J connectivity index is 1.91. The highest BCUT2D eigenvalue weighted by molar-refractivity contribution is 9.09. The second-order valence-electron chi connectivity index (χ2n) is 4.82. The Labute approximate surface area is 119 Å². The summed E-state index contributed by atoms with van der Waals surface area (Å²) in [6.45, 7) is 0.980. The fraction of sp³-hybridized carbons (Fsp3) is 0.583. The number of halogens is 1. The third kappa shape index (κ3) is 2.39. The lowest BCUT2D eigenvalue weighted by molar-refractivity contribution is 0.384. The van der Waals surface area contributed by atoms with Crippen molar-refractivity contribution in [3.63, 3.8) is 0 Å². The number of anilines is 1. The Morgan fingerprint density at radius 3 is 3.05 bits per heavy atom. The molecule has 7 heteroatoms. The second-order valence-corrected chi connectivity index (χ2v) is 5.62. The van der Waals surface area contributed by atoms with E-state index >= 15 is 0 Å². The molecule has 2 aromatic heterocycles.